The Balaban J connectivity index is 1.14. The van der Waals surface area contributed by atoms with Crippen LogP contribution in [-0.2, 0) is 0 Å². The van der Waals surface area contributed by atoms with Gasteiger partial charge in [-0.3, -0.25) is 9.78 Å². The molecule has 1 N–H and O–H groups in total. The van der Waals surface area contributed by atoms with Crippen molar-refractivity contribution in [3.63, 3.8) is 0 Å². The van der Waals surface area contributed by atoms with Crippen LogP contribution < -0.4 is 5.32 Å². The Kier molecular flexibility index (Phi) is 4.13. The van der Waals surface area contributed by atoms with Crippen LogP contribution in [-0.4, -0.2) is 40.4 Å². The third-order valence-corrected chi connectivity index (χ3v) is 6.40. The molecule has 3 aromatic rings. The molecular weight excluding hydrogens is 356 g/mol. The maximum absolute atomic E-state index is 12.5. The van der Waals surface area contributed by atoms with Gasteiger partial charge in [-0.15, -0.1) is 11.3 Å². The second-order valence-corrected chi connectivity index (χ2v) is 8.06. The summed E-state index contributed by atoms with van der Waals surface area (Å²) in [7, 11) is 0. The number of hydrogen-bond acceptors (Lipinski definition) is 5. The monoisotopic (exact) mass is 376 g/mol. The highest BCUT2D eigenvalue weighted by Gasteiger charge is 2.56. The second-order valence-electron chi connectivity index (χ2n) is 7.20. The number of anilines is 1. The summed E-state index contributed by atoms with van der Waals surface area (Å²) in [6.45, 7) is 2.68. The van der Waals surface area contributed by atoms with Gasteiger partial charge in [-0.1, -0.05) is 24.3 Å². The molecular formula is C21H20N4OS. The van der Waals surface area contributed by atoms with Crippen LogP contribution in [0.5, 0.6) is 0 Å². The lowest BCUT2D eigenvalue weighted by Crippen LogP contribution is -2.32. The predicted molar refractivity (Wildman–Crippen MR) is 107 cm³/mol. The average molecular weight is 376 g/mol. The average Bonchev–Trinajstić information content (AvgIpc) is 3.10. The number of benzene rings is 1. The molecule has 0 spiro atoms. The van der Waals surface area contributed by atoms with Gasteiger partial charge in [0.1, 0.15) is 5.69 Å². The summed E-state index contributed by atoms with van der Waals surface area (Å²) in [6, 6.07) is 15.4. The minimum Gasteiger partial charge on any atom is -0.361 e. The number of carbonyl (C=O) groups excluding carboxylic acids is 1. The topological polar surface area (TPSA) is 58.1 Å². The Bertz CT molecular complexity index is 931. The lowest BCUT2D eigenvalue weighted by molar-refractivity contribution is 0.0769. The molecule has 136 valence electrons. The molecule has 0 radical (unpaired) electrons. The van der Waals surface area contributed by atoms with Gasteiger partial charge >= 0.3 is 0 Å². The van der Waals surface area contributed by atoms with E-state index in [1.54, 1.807) is 17.5 Å². The fraction of sp³-hybridized carbons (Fsp3) is 0.286. The van der Waals surface area contributed by atoms with E-state index in [9.17, 15) is 4.79 Å². The predicted octanol–water partition coefficient (Wildman–Crippen LogP) is 3.64. The van der Waals surface area contributed by atoms with Crippen LogP contribution in [0.4, 0.5) is 5.13 Å². The van der Waals surface area contributed by atoms with Crippen molar-refractivity contribution in [3.8, 4) is 11.4 Å². The van der Waals surface area contributed by atoms with E-state index in [0.29, 0.717) is 17.8 Å². The normalized spacial score (nSPS) is 23.1. The molecule has 0 bridgehead atoms. The third-order valence-electron chi connectivity index (χ3n) is 5.60. The van der Waals surface area contributed by atoms with Crippen molar-refractivity contribution in [2.75, 3.05) is 25.0 Å². The number of hydrogen-bond donors (Lipinski definition) is 1. The number of amides is 1. The first-order chi connectivity index (χ1) is 13.3. The van der Waals surface area contributed by atoms with Crippen LogP contribution in [0.25, 0.3) is 11.4 Å². The molecule has 1 saturated heterocycles. The Morgan fingerprint density at radius 1 is 1.07 bits per heavy atom. The van der Waals surface area contributed by atoms with Crippen molar-refractivity contribution in [1.29, 1.82) is 0 Å². The van der Waals surface area contributed by atoms with E-state index < -0.39 is 0 Å². The Morgan fingerprint density at radius 2 is 1.85 bits per heavy atom. The summed E-state index contributed by atoms with van der Waals surface area (Å²) in [5.74, 6) is 2.06. The minimum absolute atomic E-state index is 0.162. The number of nitrogens with one attached hydrogen (secondary N) is 1. The highest BCUT2D eigenvalue weighted by atomic mass is 32.1. The van der Waals surface area contributed by atoms with Gasteiger partial charge in [0.25, 0.3) is 5.91 Å². The Morgan fingerprint density at radius 3 is 2.59 bits per heavy atom. The van der Waals surface area contributed by atoms with Gasteiger partial charge in [-0.2, -0.15) is 0 Å². The zero-order valence-corrected chi connectivity index (χ0v) is 15.6. The summed E-state index contributed by atoms with van der Waals surface area (Å²) in [5, 5.41) is 6.46. The van der Waals surface area contributed by atoms with Crippen molar-refractivity contribution < 1.29 is 4.79 Å². The van der Waals surface area contributed by atoms with Crippen LogP contribution in [0.1, 0.15) is 10.4 Å². The molecule has 1 saturated carbocycles. The van der Waals surface area contributed by atoms with Crippen LogP contribution >= 0.6 is 11.3 Å². The number of carbonyl (C=O) groups is 1. The summed E-state index contributed by atoms with van der Waals surface area (Å²) in [6.07, 6.45) is 1.79. The van der Waals surface area contributed by atoms with E-state index in [4.69, 9.17) is 0 Å². The van der Waals surface area contributed by atoms with E-state index in [-0.39, 0.29) is 5.91 Å². The standard InChI is InChI=1S/C21H20N4OS/c26-20(14-6-2-1-3-7-14)25-11-16-15(17(16)12-25)10-23-21-24-19(13-27-21)18-8-4-5-9-22-18/h1-9,13,15-17H,10-12H2,(H,23,24)/t15?,16-,17+. The molecule has 1 amide bonds. The highest BCUT2D eigenvalue weighted by molar-refractivity contribution is 7.14. The number of thiazole rings is 1. The zero-order valence-electron chi connectivity index (χ0n) is 14.8. The van der Waals surface area contributed by atoms with E-state index in [1.807, 2.05) is 58.8 Å². The van der Waals surface area contributed by atoms with E-state index in [2.05, 4.69) is 15.3 Å². The molecule has 3 atom stereocenters. The maximum Gasteiger partial charge on any atom is 0.253 e. The van der Waals surface area contributed by atoms with Crippen LogP contribution in [0.3, 0.4) is 0 Å². The van der Waals surface area contributed by atoms with Gasteiger partial charge in [-0.05, 0) is 42.0 Å². The van der Waals surface area contributed by atoms with Crippen molar-refractivity contribution in [2.24, 2.45) is 17.8 Å². The summed E-state index contributed by atoms with van der Waals surface area (Å²) >= 11 is 1.62. The zero-order chi connectivity index (χ0) is 18.2. The molecule has 2 aliphatic rings. The minimum atomic E-state index is 0.162. The van der Waals surface area contributed by atoms with E-state index in [1.165, 1.54) is 0 Å². The largest absolute Gasteiger partial charge is 0.361 e. The number of nitrogens with zero attached hydrogens (tertiary/aromatic N) is 3. The number of aromatic nitrogens is 2. The van der Waals surface area contributed by atoms with Gasteiger partial charge in [0.2, 0.25) is 0 Å². The van der Waals surface area contributed by atoms with E-state index in [0.717, 1.165) is 41.7 Å². The van der Waals surface area contributed by atoms with Crippen molar-refractivity contribution >= 4 is 22.4 Å². The van der Waals surface area contributed by atoms with Crippen LogP contribution in [0.15, 0.2) is 60.1 Å². The van der Waals surface area contributed by atoms with Crippen molar-refractivity contribution in [2.45, 2.75) is 0 Å². The second kappa shape index (κ2) is 6.78. The molecule has 1 aromatic carbocycles. The first-order valence-electron chi connectivity index (χ1n) is 9.25. The fourth-order valence-electron chi connectivity index (χ4n) is 4.07. The Labute approximate surface area is 162 Å². The van der Waals surface area contributed by atoms with Gasteiger partial charge in [0, 0.05) is 36.8 Å². The first-order valence-corrected chi connectivity index (χ1v) is 10.1. The number of rotatable bonds is 5. The molecule has 1 aliphatic heterocycles. The molecule has 2 fully saturated rings. The molecule has 1 unspecified atom stereocenters. The SMILES string of the molecule is O=C(c1ccccc1)N1C[C@@H]2C(CNc3nc(-c4ccccn4)cs3)[C@@H]2C1. The quantitative estimate of drug-likeness (QED) is 0.739. The lowest BCUT2D eigenvalue weighted by Gasteiger charge is -2.20. The summed E-state index contributed by atoms with van der Waals surface area (Å²) in [5.41, 5.74) is 2.61. The molecule has 3 heterocycles. The van der Waals surface area contributed by atoms with Gasteiger partial charge in [-0.25, -0.2) is 4.98 Å². The number of pyridine rings is 1. The van der Waals surface area contributed by atoms with Gasteiger partial charge < -0.3 is 10.2 Å². The van der Waals surface area contributed by atoms with Crippen LogP contribution in [0.2, 0.25) is 0 Å². The summed E-state index contributed by atoms with van der Waals surface area (Å²) in [4.78, 5) is 23.5. The van der Waals surface area contributed by atoms with Gasteiger partial charge in [0.05, 0.1) is 5.69 Å². The maximum atomic E-state index is 12.5. The third kappa shape index (κ3) is 3.21. The first kappa shape index (κ1) is 16.4. The molecule has 1 aliphatic carbocycles. The van der Waals surface area contributed by atoms with Crippen molar-refractivity contribution in [3.05, 3.63) is 65.7 Å². The number of piperidine rings is 1. The number of fused-ring (bicyclic) bond motifs is 1. The van der Waals surface area contributed by atoms with Crippen LogP contribution in [0, 0.1) is 17.8 Å². The Hall–Kier alpha value is -2.73. The van der Waals surface area contributed by atoms with Crippen molar-refractivity contribution in [1.82, 2.24) is 14.9 Å². The number of likely N-dealkylation sites (tertiary alicyclic amines) is 1. The molecule has 5 rings (SSSR count). The molecule has 6 heteroatoms. The molecule has 2 aromatic heterocycles. The molecule has 27 heavy (non-hydrogen) atoms. The van der Waals surface area contributed by atoms with E-state index >= 15 is 0 Å². The smallest absolute Gasteiger partial charge is 0.253 e. The summed E-state index contributed by atoms with van der Waals surface area (Å²) < 4.78 is 0. The fourth-order valence-corrected chi connectivity index (χ4v) is 4.79. The highest BCUT2D eigenvalue weighted by Crippen LogP contribution is 2.51. The lowest BCUT2D eigenvalue weighted by atomic mass is 10.2. The molecule has 5 nitrogen and oxygen atoms in total. The van der Waals surface area contributed by atoms with Gasteiger partial charge in [0.15, 0.2) is 5.13 Å².